The van der Waals surface area contributed by atoms with Crippen LogP contribution in [0, 0.1) is 13.8 Å². The molecule has 0 fully saturated rings. The van der Waals surface area contributed by atoms with Crippen LogP contribution in [0.1, 0.15) is 17.2 Å². The van der Waals surface area contributed by atoms with Crippen LogP contribution in [0.2, 0.25) is 0 Å². The lowest BCUT2D eigenvalue weighted by atomic mass is 10.1. The molecule has 2 heterocycles. The molecule has 3 aromatic rings. The summed E-state index contributed by atoms with van der Waals surface area (Å²) in [6, 6.07) is 5.80. The van der Waals surface area contributed by atoms with Crippen LogP contribution in [0.5, 0.6) is 0 Å². The van der Waals surface area contributed by atoms with E-state index in [0.29, 0.717) is 11.7 Å². The maximum atomic E-state index is 5.68. The topological polar surface area (TPSA) is 78.1 Å². The highest BCUT2D eigenvalue weighted by molar-refractivity contribution is 5.95. The summed E-state index contributed by atoms with van der Waals surface area (Å²) in [4.78, 5) is 4.26. The monoisotopic (exact) mass is 243 g/mol. The summed E-state index contributed by atoms with van der Waals surface area (Å²) in [6.07, 6.45) is 0. The predicted octanol–water partition coefficient (Wildman–Crippen LogP) is 2.56. The molecule has 5 nitrogen and oxygen atoms in total. The molecule has 0 aliphatic rings. The molecule has 0 atom stereocenters. The minimum atomic E-state index is 0.242. The van der Waals surface area contributed by atoms with E-state index in [2.05, 4.69) is 10.1 Å². The van der Waals surface area contributed by atoms with Crippen molar-refractivity contribution in [1.82, 2.24) is 10.1 Å². The van der Waals surface area contributed by atoms with E-state index < -0.39 is 0 Å². The van der Waals surface area contributed by atoms with Crippen molar-refractivity contribution in [1.29, 1.82) is 0 Å². The standard InChI is InChI=1S/C13H13N3O2/c1-7-8(2)17-10-5-3-4-9(12(7)10)13-15-11(6-14)18-16-13/h3-5H,6,14H2,1-2H3. The summed E-state index contributed by atoms with van der Waals surface area (Å²) in [5.41, 5.74) is 8.31. The van der Waals surface area contributed by atoms with Gasteiger partial charge in [-0.1, -0.05) is 17.3 Å². The van der Waals surface area contributed by atoms with Crippen LogP contribution in [0.25, 0.3) is 22.4 Å². The van der Waals surface area contributed by atoms with Gasteiger partial charge in [-0.05, 0) is 25.5 Å². The van der Waals surface area contributed by atoms with Gasteiger partial charge in [-0.15, -0.1) is 0 Å². The fourth-order valence-corrected chi connectivity index (χ4v) is 2.05. The molecule has 0 aliphatic heterocycles. The summed E-state index contributed by atoms with van der Waals surface area (Å²) in [5, 5.41) is 4.98. The summed E-state index contributed by atoms with van der Waals surface area (Å²) >= 11 is 0. The third-order valence-electron chi connectivity index (χ3n) is 3.08. The lowest BCUT2D eigenvalue weighted by Gasteiger charge is -1.97. The van der Waals surface area contributed by atoms with E-state index in [1.807, 2.05) is 32.0 Å². The number of aryl methyl sites for hydroxylation is 2. The summed E-state index contributed by atoms with van der Waals surface area (Å²) in [5.74, 6) is 1.88. The van der Waals surface area contributed by atoms with Crippen LogP contribution in [0.15, 0.2) is 27.1 Å². The molecule has 1 aromatic carbocycles. The van der Waals surface area contributed by atoms with Crippen LogP contribution in [0.4, 0.5) is 0 Å². The van der Waals surface area contributed by atoms with Gasteiger partial charge >= 0.3 is 0 Å². The first kappa shape index (κ1) is 11.0. The van der Waals surface area contributed by atoms with Crippen molar-refractivity contribution < 1.29 is 8.94 Å². The molecular formula is C13H13N3O2. The SMILES string of the molecule is Cc1oc2cccc(-c3noc(CN)n3)c2c1C. The molecule has 0 amide bonds. The summed E-state index contributed by atoms with van der Waals surface area (Å²) in [6.45, 7) is 4.21. The van der Waals surface area contributed by atoms with E-state index >= 15 is 0 Å². The zero-order valence-corrected chi connectivity index (χ0v) is 10.2. The molecule has 3 rings (SSSR count). The van der Waals surface area contributed by atoms with E-state index in [4.69, 9.17) is 14.7 Å². The van der Waals surface area contributed by atoms with Crippen molar-refractivity contribution in [2.45, 2.75) is 20.4 Å². The van der Waals surface area contributed by atoms with E-state index in [0.717, 1.165) is 27.9 Å². The molecule has 0 saturated carbocycles. The minimum absolute atomic E-state index is 0.242. The van der Waals surface area contributed by atoms with Crippen molar-refractivity contribution in [3.05, 3.63) is 35.4 Å². The van der Waals surface area contributed by atoms with E-state index in [1.165, 1.54) is 0 Å². The van der Waals surface area contributed by atoms with Crippen LogP contribution in [-0.2, 0) is 6.54 Å². The van der Waals surface area contributed by atoms with Gasteiger partial charge in [-0.25, -0.2) is 0 Å². The highest BCUT2D eigenvalue weighted by Crippen LogP contribution is 2.32. The van der Waals surface area contributed by atoms with Gasteiger partial charge in [0.15, 0.2) is 0 Å². The van der Waals surface area contributed by atoms with Crippen LogP contribution in [-0.4, -0.2) is 10.1 Å². The van der Waals surface area contributed by atoms with Crippen LogP contribution < -0.4 is 5.73 Å². The maximum absolute atomic E-state index is 5.68. The van der Waals surface area contributed by atoms with Gasteiger partial charge in [-0.2, -0.15) is 4.98 Å². The molecular weight excluding hydrogens is 230 g/mol. The Morgan fingerprint density at radius 3 is 2.83 bits per heavy atom. The smallest absolute Gasteiger partial charge is 0.240 e. The van der Waals surface area contributed by atoms with Crippen molar-refractivity contribution in [2.24, 2.45) is 5.73 Å². The number of hydrogen-bond acceptors (Lipinski definition) is 5. The summed E-state index contributed by atoms with van der Waals surface area (Å²) in [7, 11) is 0. The molecule has 5 heteroatoms. The van der Waals surface area contributed by atoms with Crippen LogP contribution in [0.3, 0.4) is 0 Å². The Morgan fingerprint density at radius 2 is 2.11 bits per heavy atom. The van der Waals surface area contributed by atoms with E-state index in [-0.39, 0.29) is 6.54 Å². The average Bonchev–Trinajstić information content (AvgIpc) is 2.95. The number of nitrogens with zero attached hydrogens (tertiary/aromatic N) is 2. The first-order valence-electron chi connectivity index (χ1n) is 5.72. The quantitative estimate of drug-likeness (QED) is 0.748. The fraction of sp³-hybridized carbons (Fsp3) is 0.231. The van der Waals surface area contributed by atoms with Gasteiger partial charge in [-0.3, -0.25) is 0 Å². The Bertz CT molecular complexity index is 712. The van der Waals surface area contributed by atoms with Crippen molar-refractivity contribution in [2.75, 3.05) is 0 Å². The molecule has 2 N–H and O–H groups in total. The Labute approximate surface area is 104 Å². The number of fused-ring (bicyclic) bond motifs is 1. The van der Waals surface area contributed by atoms with Gasteiger partial charge < -0.3 is 14.7 Å². The maximum Gasteiger partial charge on any atom is 0.240 e. The van der Waals surface area contributed by atoms with E-state index in [1.54, 1.807) is 0 Å². The molecule has 0 aliphatic carbocycles. The second-order valence-corrected chi connectivity index (χ2v) is 4.18. The number of benzene rings is 1. The second-order valence-electron chi connectivity index (χ2n) is 4.18. The van der Waals surface area contributed by atoms with Crippen molar-refractivity contribution in [3.63, 3.8) is 0 Å². The predicted molar refractivity (Wildman–Crippen MR) is 66.9 cm³/mol. The number of aromatic nitrogens is 2. The molecule has 0 bridgehead atoms. The Balaban J connectivity index is 2.28. The fourth-order valence-electron chi connectivity index (χ4n) is 2.05. The van der Waals surface area contributed by atoms with Gasteiger partial charge in [0.1, 0.15) is 11.3 Å². The first-order chi connectivity index (χ1) is 8.70. The molecule has 0 radical (unpaired) electrons. The van der Waals surface area contributed by atoms with Gasteiger partial charge in [0.25, 0.3) is 0 Å². The molecule has 0 saturated heterocycles. The number of nitrogens with two attached hydrogens (primary N) is 1. The minimum Gasteiger partial charge on any atom is -0.461 e. The number of hydrogen-bond donors (Lipinski definition) is 1. The van der Waals surface area contributed by atoms with Crippen LogP contribution >= 0.6 is 0 Å². The lowest BCUT2D eigenvalue weighted by Crippen LogP contribution is -1.95. The second kappa shape index (κ2) is 3.96. The third kappa shape index (κ3) is 1.52. The van der Waals surface area contributed by atoms with Crippen molar-refractivity contribution >= 4 is 11.0 Å². The Morgan fingerprint density at radius 1 is 1.28 bits per heavy atom. The lowest BCUT2D eigenvalue weighted by molar-refractivity contribution is 0.380. The highest BCUT2D eigenvalue weighted by atomic mass is 16.5. The Kier molecular flexibility index (Phi) is 2.41. The van der Waals surface area contributed by atoms with Gasteiger partial charge in [0.05, 0.1) is 6.54 Å². The average molecular weight is 243 g/mol. The number of furan rings is 1. The molecule has 18 heavy (non-hydrogen) atoms. The summed E-state index contributed by atoms with van der Waals surface area (Å²) < 4.78 is 10.7. The third-order valence-corrected chi connectivity index (χ3v) is 3.08. The number of rotatable bonds is 2. The zero-order chi connectivity index (χ0) is 12.7. The van der Waals surface area contributed by atoms with E-state index in [9.17, 15) is 0 Å². The highest BCUT2D eigenvalue weighted by Gasteiger charge is 2.16. The molecule has 2 aromatic heterocycles. The molecule has 0 unspecified atom stereocenters. The van der Waals surface area contributed by atoms with Crippen molar-refractivity contribution in [3.8, 4) is 11.4 Å². The Hall–Kier alpha value is -2.14. The first-order valence-corrected chi connectivity index (χ1v) is 5.72. The van der Waals surface area contributed by atoms with Gasteiger partial charge in [0, 0.05) is 10.9 Å². The van der Waals surface area contributed by atoms with Gasteiger partial charge in [0.2, 0.25) is 11.7 Å². The largest absolute Gasteiger partial charge is 0.461 e. The normalized spacial score (nSPS) is 11.3. The molecule has 0 spiro atoms. The molecule has 92 valence electrons. The zero-order valence-electron chi connectivity index (χ0n) is 10.2.